The molecule has 3 N–H and O–H groups in total. The van der Waals surface area contributed by atoms with Crippen molar-refractivity contribution in [2.75, 3.05) is 7.05 Å². The Labute approximate surface area is 192 Å². The van der Waals surface area contributed by atoms with Crippen molar-refractivity contribution in [3.63, 3.8) is 0 Å². The molecule has 2 aromatic rings. The Bertz CT molecular complexity index is 1070. The van der Waals surface area contributed by atoms with Crippen LogP contribution in [0.2, 0.25) is 0 Å². The highest BCUT2D eigenvalue weighted by molar-refractivity contribution is 5.97. The number of hydrogen-bond acceptors (Lipinski definition) is 5. The van der Waals surface area contributed by atoms with E-state index in [9.17, 15) is 24.3 Å². The van der Waals surface area contributed by atoms with E-state index in [1.165, 1.54) is 30.1 Å². The lowest BCUT2D eigenvalue weighted by atomic mass is 9.86. The van der Waals surface area contributed by atoms with Crippen LogP contribution in [0.5, 0.6) is 0 Å². The van der Waals surface area contributed by atoms with Crippen molar-refractivity contribution in [2.24, 2.45) is 5.41 Å². The number of ketones is 1. The lowest BCUT2D eigenvalue weighted by Crippen LogP contribution is -2.54. The third-order valence-electron chi connectivity index (χ3n) is 5.18. The number of nitrogens with zero attached hydrogens (tertiary/aromatic N) is 2. The second-order valence-electron chi connectivity index (χ2n) is 8.79. The topological polar surface area (TPSA) is 141 Å². The predicted octanol–water partition coefficient (Wildman–Crippen LogP) is 2.08. The maximum atomic E-state index is 13.0. The van der Waals surface area contributed by atoms with Crippen LogP contribution in [-0.2, 0) is 20.8 Å². The van der Waals surface area contributed by atoms with E-state index in [0.29, 0.717) is 11.1 Å². The molecule has 0 saturated heterocycles. The molecule has 2 atom stereocenters. The zero-order chi connectivity index (χ0) is 24.8. The SMILES string of the molecule is CNC(=O)[C@@H](NC(=O)C(CC(=O)O)n1ccc(C(=O)Cc2ccc(C#N)cc2)c1)C(C)(C)C. The van der Waals surface area contributed by atoms with E-state index in [-0.39, 0.29) is 12.2 Å². The van der Waals surface area contributed by atoms with Crippen LogP contribution in [0.25, 0.3) is 0 Å². The fourth-order valence-electron chi connectivity index (χ4n) is 3.31. The first-order valence-corrected chi connectivity index (χ1v) is 10.4. The maximum absolute atomic E-state index is 13.0. The van der Waals surface area contributed by atoms with Crippen molar-refractivity contribution in [1.29, 1.82) is 5.26 Å². The van der Waals surface area contributed by atoms with Crippen LogP contribution in [0.1, 0.15) is 54.7 Å². The van der Waals surface area contributed by atoms with Crippen molar-refractivity contribution >= 4 is 23.6 Å². The van der Waals surface area contributed by atoms with Gasteiger partial charge in [0.15, 0.2) is 5.78 Å². The van der Waals surface area contributed by atoms with Gasteiger partial charge in [-0.25, -0.2) is 0 Å². The number of aromatic nitrogens is 1. The molecule has 0 aliphatic carbocycles. The van der Waals surface area contributed by atoms with E-state index in [1.807, 2.05) is 6.07 Å². The first-order chi connectivity index (χ1) is 15.5. The van der Waals surface area contributed by atoms with E-state index >= 15 is 0 Å². The van der Waals surface area contributed by atoms with Crippen molar-refractivity contribution in [3.05, 3.63) is 59.4 Å². The fraction of sp³-hybridized carbons (Fsp3) is 0.375. The van der Waals surface area contributed by atoms with Gasteiger partial charge in [-0.15, -0.1) is 0 Å². The summed E-state index contributed by atoms with van der Waals surface area (Å²) in [5.74, 6) is -2.44. The molecular weight excluding hydrogens is 424 g/mol. The summed E-state index contributed by atoms with van der Waals surface area (Å²) in [6.07, 6.45) is 2.49. The summed E-state index contributed by atoms with van der Waals surface area (Å²) < 4.78 is 1.37. The van der Waals surface area contributed by atoms with Gasteiger partial charge < -0.3 is 20.3 Å². The van der Waals surface area contributed by atoms with Crippen LogP contribution in [-0.4, -0.2) is 46.3 Å². The number of carbonyl (C=O) groups is 4. The molecule has 0 saturated carbocycles. The van der Waals surface area contributed by atoms with Crippen LogP contribution in [0.3, 0.4) is 0 Å². The number of hydrogen-bond donors (Lipinski definition) is 3. The van der Waals surface area contributed by atoms with Crippen molar-refractivity contribution in [2.45, 2.75) is 45.7 Å². The van der Waals surface area contributed by atoms with Crippen LogP contribution >= 0.6 is 0 Å². The molecule has 2 amide bonds. The summed E-state index contributed by atoms with van der Waals surface area (Å²) in [6.45, 7) is 5.36. The van der Waals surface area contributed by atoms with E-state index in [2.05, 4.69) is 10.6 Å². The number of likely N-dealkylation sites (N-methyl/N-ethyl adjacent to an activating group) is 1. The quantitative estimate of drug-likeness (QED) is 0.498. The second kappa shape index (κ2) is 10.6. The van der Waals surface area contributed by atoms with Gasteiger partial charge in [-0.2, -0.15) is 5.26 Å². The maximum Gasteiger partial charge on any atom is 0.306 e. The highest BCUT2D eigenvalue weighted by atomic mass is 16.4. The van der Waals surface area contributed by atoms with Crippen LogP contribution in [0.15, 0.2) is 42.7 Å². The van der Waals surface area contributed by atoms with Gasteiger partial charge >= 0.3 is 5.97 Å². The standard InChI is InChI=1S/C24H28N4O5/c1-24(2,3)21(23(33)26-4)27-22(32)18(12-20(30)31)28-10-9-17(14-28)19(29)11-15-5-7-16(13-25)8-6-15/h5-10,14,18,21H,11-12H2,1-4H3,(H,26,33)(H,27,32)(H,30,31)/t18?,21-/m1/s1. The lowest BCUT2D eigenvalue weighted by Gasteiger charge is -2.31. The van der Waals surface area contributed by atoms with Crippen molar-refractivity contribution in [1.82, 2.24) is 15.2 Å². The zero-order valence-corrected chi connectivity index (χ0v) is 19.1. The molecule has 0 radical (unpaired) electrons. The Morgan fingerprint density at radius 1 is 1.09 bits per heavy atom. The molecule has 33 heavy (non-hydrogen) atoms. The number of nitriles is 1. The molecule has 1 unspecified atom stereocenters. The summed E-state index contributed by atoms with van der Waals surface area (Å²) in [7, 11) is 1.46. The zero-order valence-electron chi connectivity index (χ0n) is 19.1. The number of amides is 2. The fourth-order valence-corrected chi connectivity index (χ4v) is 3.31. The lowest BCUT2D eigenvalue weighted by molar-refractivity contribution is -0.141. The average molecular weight is 453 g/mol. The number of aliphatic carboxylic acids is 1. The highest BCUT2D eigenvalue weighted by Gasteiger charge is 2.35. The molecule has 9 nitrogen and oxygen atoms in total. The average Bonchev–Trinajstić information content (AvgIpc) is 3.24. The van der Waals surface area contributed by atoms with Gasteiger partial charge in [-0.3, -0.25) is 19.2 Å². The van der Waals surface area contributed by atoms with Crippen molar-refractivity contribution < 1.29 is 24.3 Å². The second-order valence-corrected chi connectivity index (χ2v) is 8.79. The molecule has 174 valence electrons. The third-order valence-corrected chi connectivity index (χ3v) is 5.18. The van der Waals surface area contributed by atoms with E-state index in [0.717, 1.165) is 5.56 Å². The Morgan fingerprint density at radius 3 is 2.24 bits per heavy atom. The number of nitrogens with one attached hydrogen (secondary N) is 2. The van der Waals surface area contributed by atoms with Gasteiger partial charge in [0, 0.05) is 31.4 Å². The number of carbonyl (C=O) groups excluding carboxylic acids is 3. The Balaban J connectivity index is 2.23. The molecular formula is C24H28N4O5. The first-order valence-electron chi connectivity index (χ1n) is 10.4. The van der Waals surface area contributed by atoms with Crippen molar-refractivity contribution in [3.8, 4) is 6.07 Å². The van der Waals surface area contributed by atoms with Gasteiger partial charge in [0.1, 0.15) is 12.1 Å². The van der Waals surface area contributed by atoms with Crippen LogP contribution in [0.4, 0.5) is 0 Å². The summed E-state index contributed by atoms with van der Waals surface area (Å²) in [6, 6.07) is 8.15. The molecule has 1 aromatic carbocycles. The number of carboxylic acid groups (broad SMARTS) is 1. The molecule has 0 aliphatic rings. The first kappa shape index (κ1) is 25.3. The summed E-state index contributed by atoms with van der Waals surface area (Å²) >= 11 is 0. The minimum absolute atomic E-state index is 0.0916. The Morgan fingerprint density at radius 2 is 1.73 bits per heavy atom. The smallest absolute Gasteiger partial charge is 0.306 e. The van der Waals surface area contributed by atoms with E-state index in [1.54, 1.807) is 45.0 Å². The van der Waals surface area contributed by atoms with Crippen LogP contribution in [0, 0.1) is 16.7 Å². The predicted molar refractivity (Wildman–Crippen MR) is 120 cm³/mol. The number of benzene rings is 1. The molecule has 0 aliphatic heterocycles. The third kappa shape index (κ3) is 6.77. The van der Waals surface area contributed by atoms with Gasteiger partial charge in [0.25, 0.3) is 0 Å². The summed E-state index contributed by atoms with van der Waals surface area (Å²) in [5, 5.41) is 23.4. The molecule has 9 heteroatoms. The van der Waals surface area contributed by atoms with Gasteiger partial charge in [0.2, 0.25) is 11.8 Å². The largest absolute Gasteiger partial charge is 0.481 e. The molecule has 1 heterocycles. The minimum atomic E-state index is -1.19. The van der Waals surface area contributed by atoms with Crippen LogP contribution < -0.4 is 10.6 Å². The van der Waals surface area contributed by atoms with Gasteiger partial charge in [-0.1, -0.05) is 32.9 Å². The summed E-state index contributed by atoms with van der Waals surface area (Å²) in [5.41, 5.74) is 0.930. The summed E-state index contributed by atoms with van der Waals surface area (Å²) in [4.78, 5) is 49.4. The van der Waals surface area contributed by atoms with E-state index < -0.39 is 41.7 Å². The van der Waals surface area contributed by atoms with E-state index in [4.69, 9.17) is 5.26 Å². The molecule has 0 fully saturated rings. The number of rotatable bonds is 9. The molecule has 2 rings (SSSR count). The minimum Gasteiger partial charge on any atom is -0.481 e. The molecule has 0 spiro atoms. The highest BCUT2D eigenvalue weighted by Crippen LogP contribution is 2.22. The molecule has 1 aromatic heterocycles. The Kier molecular flexibility index (Phi) is 8.13. The number of carboxylic acids is 1. The Hall–Kier alpha value is -3.93. The monoisotopic (exact) mass is 452 g/mol. The van der Waals surface area contributed by atoms with Gasteiger partial charge in [0.05, 0.1) is 18.1 Å². The normalized spacial score (nSPS) is 12.8. The molecule has 0 bridgehead atoms. The van der Waals surface area contributed by atoms with Gasteiger partial charge in [-0.05, 0) is 29.2 Å². The number of Topliss-reactive ketones (excluding diaryl/α,β-unsaturated/α-hetero) is 1.